The highest BCUT2D eigenvalue weighted by atomic mass is 14.9. The highest BCUT2D eigenvalue weighted by Gasteiger charge is 2.14. The van der Waals surface area contributed by atoms with Gasteiger partial charge in [-0.2, -0.15) is 5.26 Å². The molecule has 0 unspecified atom stereocenters. The van der Waals surface area contributed by atoms with Crippen LogP contribution in [0.5, 0.6) is 0 Å². The van der Waals surface area contributed by atoms with Gasteiger partial charge in [0.2, 0.25) is 0 Å². The van der Waals surface area contributed by atoms with E-state index in [9.17, 15) is 0 Å². The summed E-state index contributed by atoms with van der Waals surface area (Å²) in [6.07, 6.45) is 1.78. The van der Waals surface area contributed by atoms with Crippen LogP contribution in [0.4, 0.5) is 0 Å². The van der Waals surface area contributed by atoms with Crippen molar-refractivity contribution < 1.29 is 0 Å². The molecule has 0 saturated heterocycles. The Morgan fingerprint density at radius 3 is 0.747 bits per heavy atom. The summed E-state index contributed by atoms with van der Waals surface area (Å²) in [5.41, 5.74) is 21.8. The van der Waals surface area contributed by atoms with Gasteiger partial charge in [0.15, 0.2) is 0 Å². The number of aromatic nitrogens is 7. The molecule has 8 heteroatoms. The molecule has 0 saturated carbocycles. The van der Waals surface area contributed by atoms with Crippen LogP contribution in [-0.2, 0) is 0 Å². The molecule has 0 aliphatic carbocycles. The summed E-state index contributed by atoms with van der Waals surface area (Å²) in [7, 11) is 0. The van der Waals surface area contributed by atoms with Crippen molar-refractivity contribution in [2.45, 2.75) is 20.8 Å². The normalized spacial score (nSPS) is 11.0. The third-order valence-corrected chi connectivity index (χ3v) is 17.9. The van der Waals surface area contributed by atoms with E-state index in [2.05, 4.69) is 304 Å². The monoisotopic (exact) mass is 1270 g/mol. The number of aryl methyl sites for hydroxylation is 3. The number of benzene rings is 13. The Labute approximate surface area is 575 Å². The first-order valence-electron chi connectivity index (χ1n) is 33.1. The van der Waals surface area contributed by atoms with Gasteiger partial charge in [-0.15, -0.1) is 0 Å². The molecule has 0 amide bonds. The summed E-state index contributed by atoms with van der Waals surface area (Å²) >= 11 is 0. The maximum Gasteiger partial charge on any atom is 0.126 e. The van der Waals surface area contributed by atoms with Gasteiger partial charge in [-0.05, 0) is 151 Å². The van der Waals surface area contributed by atoms with Gasteiger partial charge in [-0.3, -0.25) is 4.98 Å². The zero-order valence-corrected chi connectivity index (χ0v) is 54.8. The Balaban J connectivity index is 0.000000123. The van der Waals surface area contributed by atoms with Crippen molar-refractivity contribution in [2.75, 3.05) is 0 Å². The van der Waals surface area contributed by atoms with Gasteiger partial charge >= 0.3 is 0 Å². The van der Waals surface area contributed by atoms with E-state index in [4.69, 9.17) is 15.2 Å². The fraction of sp³-hybridized carbons (Fsp3) is 0.0330. The van der Waals surface area contributed by atoms with Crippen LogP contribution >= 0.6 is 0 Å². The van der Waals surface area contributed by atoms with Crippen LogP contribution in [0.2, 0.25) is 0 Å². The smallest absolute Gasteiger partial charge is 0.126 e. The Morgan fingerprint density at radius 1 is 0.222 bits per heavy atom. The first-order chi connectivity index (χ1) is 48.7. The number of hydrogen-bond acceptors (Lipinski definition) is 8. The third-order valence-electron chi connectivity index (χ3n) is 17.9. The molecule has 13 aromatic carbocycles. The van der Waals surface area contributed by atoms with E-state index in [0.717, 1.165) is 85.1 Å². The summed E-state index contributed by atoms with van der Waals surface area (Å²) in [4.78, 5) is 32.4. The summed E-state index contributed by atoms with van der Waals surface area (Å²) in [6.45, 7) is 5.78. The highest BCUT2D eigenvalue weighted by Crippen LogP contribution is 2.37. The van der Waals surface area contributed by atoms with Gasteiger partial charge in [0.05, 0.1) is 51.5 Å². The quantitative estimate of drug-likeness (QED) is 0.133. The predicted molar refractivity (Wildman–Crippen MR) is 407 cm³/mol. The molecule has 4 aromatic heterocycles. The second-order valence-electron chi connectivity index (χ2n) is 24.4. The lowest BCUT2D eigenvalue weighted by Gasteiger charge is -2.10. The molecule has 99 heavy (non-hydrogen) atoms. The predicted octanol–water partition coefficient (Wildman–Crippen LogP) is 22.9. The minimum Gasteiger partial charge on any atom is -0.255 e. The molecular weight excluding hydrogens is 1210 g/mol. The average Bonchev–Trinajstić information content (AvgIpc) is 0.863. The van der Waals surface area contributed by atoms with Gasteiger partial charge in [0.25, 0.3) is 0 Å². The minimum atomic E-state index is 0.638. The Hall–Kier alpha value is -13.2. The number of fused-ring (bicyclic) bond motifs is 4. The van der Waals surface area contributed by atoms with Crippen molar-refractivity contribution in [1.82, 2.24) is 34.9 Å². The maximum absolute atomic E-state index is 9.02. The van der Waals surface area contributed by atoms with E-state index in [-0.39, 0.29) is 0 Å². The lowest BCUT2D eigenvalue weighted by atomic mass is 9.96. The van der Waals surface area contributed by atoms with Gasteiger partial charge in [-0.1, -0.05) is 285 Å². The molecule has 8 nitrogen and oxygen atoms in total. The Bertz CT molecular complexity index is 5650. The van der Waals surface area contributed by atoms with E-state index in [1.807, 2.05) is 75.4 Å². The molecule has 0 atom stereocenters. The summed E-state index contributed by atoms with van der Waals surface area (Å²) in [6, 6.07) is 116. The molecule has 0 N–H and O–H groups in total. The van der Waals surface area contributed by atoms with Crippen LogP contribution < -0.4 is 0 Å². The third kappa shape index (κ3) is 13.6. The molecule has 17 aromatic rings. The van der Waals surface area contributed by atoms with Gasteiger partial charge in [-0.25, -0.2) is 29.9 Å². The van der Waals surface area contributed by atoms with Crippen LogP contribution in [0.3, 0.4) is 0 Å². The first kappa shape index (κ1) is 61.9. The van der Waals surface area contributed by atoms with E-state index in [1.165, 1.54) is 87.6 Å². The number of pyridine rings is 1. The van der Waals surface area contributed by atoms with Crippen LogP contribution in [0.1, 0.15) is 23.0 Å². The molecule has 4 heterocycles. The molecule has 468 valence electrons. The van der Waals surface area contributed by atoms with Crippen molar-refractivity contribution in [1.29, 1.82) is 5.26 Å². The molecule has 17 rings (SSSR count). The number of rotatable bonds is 10. The number of nitrogens with zero attached hydrogens (tertiary/aromatic N) is 8. The van der Waals surface area contributed by atoms with E-state index >= 15 is 0 Å². The second kappa shape index (κ2) is 28.0. The lowest BCUT2D eigenvalue weighted by Crippen LogP contribution is -1.95. The largest absolute Gasteiger partial charge is 0.255 e. The van der Waals surface area contributed by atoms with Crippen LogP contribution in [0.15, 0.2) is 334 Å². The topological polar surface area (TPSA) is 114 Å². The standard InChI is InChI=1S/C37H26N2.C28H19N3.C26H19N3/c1-25-38-36(30-20-16-28(17-21-30)34-14-6-10-26-8-2-4-12-32(26)34)24-37(39-25)31-22-18-29(19-23-31)35-15-7-11-27-9-3-5-13-33(27)35;1-19-30-27(23-11-9-20(18-29)10-12-23)17-28(31-19)24-15-13-22(14-16-24)26-8-4-6-21-5-2-3-7-25(21)26;1-18-28-25(17-26(29-18)24-11-4-5-16-27-24)21-14-12-20(13-15-21)23-10-6-8-19-7-2-3-9-22(19)23/h2-24H,1H3;2-17H,1H3;2-17H,1H3. The fourth-order valence-corrected chi connectivity index (χ4v) is 13.0. The summed E-state index contributed by atoms with van der Waals surface area (Å²) in [5.74, 6) is 2.22. The molecule has 0 radical (unpaired) electrons. The van der Waals surface area contributed by atoms with E-state index < -0.39 is 0 Å². The molecule has 0 aliphatic rings. The number of hydrogen-bond donors (Lipinski definition) is 0. The SMILES string of the molecule is Cc1nc(-c2ccc(-c3cccc4ccccc34)cc2)cc(-c2ccc(-c3cccc4ccccc34)cc2)n1.Cc1nc(-c2ccc(-c3cccc4ccccc34)cc2)cc(-c2ccccn2)n1.Cc1nc(-c2ccc(C#N)cc2)cc(-c2ccc(-c3cccc4ccccc34)cc2)n1. The highest BCUT2D eigenvalue weighted by molar-refractivity contribution is 6.00. The van der Waals surface area contributed by atoms with Gasteiger partial charge in [0.1, 0.15) is 17.5 Å². The second-order valence-corrected chi connectivity index (χ2v) is 24.4. The minimum absolute atomic E-state index is 0.638. The fourth-order valence-electron chi connectivity index (χ4n) is 13.0. The maximum atomic E-state index is 9.02. The molecular formula is C91H64N8. The zero-order valence-electron chi connectivity index (χ0n) is 54.8. The average molecular weight is 1270 g/mol. The number of nitriles is 1. The molecule has 0 fully saturated rings. The molecule has 0 bridgehead atoms. The zero-order chi connectivity index (χ0) is 67.0. The van der Waals surface area contributed by atoms with Crippen molar-refractivity contribution in [3.63, 3.8) is 0 Å². The van der Waals surface area contributed by atoms with Crippen LogP contribution in [0.25, 0.3) is 155 Å². The van der Waals surface area contributed by atoms with Crippen LogP contribution in [-0.4, -0.2) is 34.9 Å². The Morgan fingerprint density at radius 2 is 0.465 bits per heavy atom. The van der Waals surface area contributed by atoms with Crippen LogP contribution in [0, 0.1) is 32.1 Å². The van der Waals surface area contributed by atoms with Gasteiger partial charge in [0, 0.05) is 34.0 Å². The van der Waals surface area contributed by atoms with Gasteiger partial charge < -0.3 is 0 Å². The van der Waals surface area contributed by atoms with Crippen molar-refractivity contribution in [2.24, 2.45) is 0 Å². The van der Waals surface area contributed by atoms with Crippen molar-refractivity contribution >= 4 is 43.1 Å². The van der Waals surface area contributed by atoms with Crippen molar-refractivity contribution in [3.05, 3.63) is 357 Å². The lowest BCUT2D eigenvalue weighted by molar-refractivity contribution is 1.05. The summed E-state index contributed by atoms with van der Waals surface area (Å²) in [5, 5.41) is 19.1. The molecule has 0 spiro atoms. The van der Waals surface area contributed by atoms with Crippen molar-refractivity contribution in [3.8, 4) is 118 Å². The molecule has 0 aliphatic heterocycles. The van der Waals surface area contributed by atoms with E-state index in [1.54, 1.807) is 6.20 Å². The first-order valence-corrected chi connectivity index (χ1v) is 33.1. The van der Waals surface area contributed by atoms with E-state index in [0.29, 0.717) is 5.56 Å². The summed E-state index contributed by atoms with van der Waals surface area (Å²) < 4.78 is 0. The Kier molecular flexibility index (Phi) is 17.5.